The summed E-state index contributed by atoms with van der Waals surface area (Å²) in [6.45, 7) is 0. The van der Waals surface area contributed by atoms with E-state index in [9.17, 15) is 45.5 Å². The maximum Gasteiger partial charge on any atom is 0.416 e. The van der Waals surface area contributed by atoms with Crippen molar-refractivity contribution in [3.05, 3.63) is 107 Å². The topological polar surface area (TPSA) is 105 Å². The predicted molar refractivity (Wildman–Crippen MR) is 161 cm³/mol. The van der Waals surface area contributed by atoms with Crippen LogP contribution in [0.25, 0.3) is 11.1 Å². The summed E-state index contributed by atoms with van der Waals surface area (Å²) in [5.74, 6) is -5.37. The highest BCUT2D eigenvalue weighted by Crippen LogP contribution is 2.44. The number of esters is 4. The van der Waals surface area contributed by atoms with Gasteiger partial charge >= 0.3 is 36.2 Å². The van der Waals surface area contributed by atoms with Crippen LogP contribution in [0.4, 0.5) is 26.3 Å². The van der Waals surface area contributed by atoms with Crippen molar-refractivity contribution in [1.29, 1.82) is 0 Å². The van der Waals surface area contributed by atoms with Crippen molar-refractivity contribution < 1.29 is 64.5 Å². The van der Waals surface area contributed by atoms with Crippen LogP contribution < -0.4 is 18.9 Å². The van der Waals surface area contributed by atoms with Crippen molar-refractivity contribution >= 4 is 23.9 Å². The lowest BCUT2D eigenvalue weighted by atomic mass is 9.79. The minimum Gasteiger partial charge on any atom is -0.426 e. The number of carbonyl (C=O) groups is 4. The first-order valence-corrected chi connectivity index (χ1v) is 15.2. The van der Waals surface area contributed by atoms with E-state index < -0.39 is 59.2 Å². The van der Waals surface area contributed by atoms with Gasteiger partial charge in [0.15, 0.2) is 0 Å². The van der Waals surface area contributed by atoms with E-state index in [2.05, 4.69) is 0 Å². The van der Waals surface area contributed by atoms with Crippen LogP contribution in [0.2, 0.25) is 0 Å². The zero-order chi connectivity index (χ0) is 35.8. The number of fused-ring (bicyclic) bond motifs is 4. The van der Waals surface area contributed by atoms with Gasteiger partial charge in [-0.2, -0.15) is 26.3 Å². The fourth-order valence-corrected chi connectivity index (χ4v) is 5.73. The fourth-order valence-electron chi connectivity index (χ4n) is 5.73. The van der Waals surface area contributed by atoms with Crippen molar-refractivity contribution in [1.82, 2.24) is 0 Å². The molecule has 0 radical (unpaired) electrons. The first-order chi connectivity index (χ1) is 23.7. The van der Waals surface area contributed by atoms with E-state index in [1.54, 1.807) is 0 Å². The summed E-state index contributed by atoms with van der Waals surface area (Å²) in [6.07, 6.45) is -7.12. The molecule has 14 heteroatoms. The highest BCUT2D eigenvalue weighted by Gasteiger charge is 2.40. The van der Waals surface area contributed by atoms with E-state index in [0.717, 1.165) is 48.5 Å². The van der Waals surface area contributed by atoms with Crippen molar-refractivity contribution in [2.75, 3.05) is 0 Å². The molecule has 4 aromatic carbocycles. The molecule has 1 fully saturated rings. The molecule has 6 rings (SSSR count). The second-order valence-electron chi connectivity index (χ2n) is 11.6. The minimum absolute atomic E-state index is 0.0422. The highest BCUT2D eigenvalue weighted by molar-refractivity contribution is 5.94. The van der Waals surface area contributed by atoms with E-state index >= 15 is 0 Å². The molecule has 0 saturated heterocycles. The largest absolute Gasteiger partial charge is 0.426 e. The molecule has 0 N–H and O–H groups in total. The van der Waals surface area contributed by atoms with Crippen LogP contribution in [0.15, 0.2) is 84.9 Å². The van der Waals surface area contributed by atoms with Crippen LogP contribution >= 0.6 is 0 Å². The van der Waals surface area contributed by atoms with E-state index in [0.29, 0.717) is 25.7 Å². The summed E-state index contributed by atoms with van der Waals surface area (Å²) in [5, 5.41) is 0. The Morgan fingerprint density at radius 2 is 0.920 bits per heavy atom. The summed E-state index contributed by atoms with van der Waals surface area (Å²) >= 11 is 0. The third-order valence-electron chi connectivity index (χ3n) is 8.30. The van der Waals surface area contributed by atoms with Gasteiger partial charge in [0.25, 0.3) is 0 Å². The Balaban J connectivity index is 1.37. The molecule has 2 aliphatic rings. The normalized spacial score (nSPS) is 17.6. The molecule has 8 nitrogen and oxygen atoms in total. The van der Waals surface area contributed by atoms with Gasteiger partial charge in [-0.3, -0.25) is 9.59 Å². The maximum absolute atomic E-state index is 13.4. The Labute approximate surface area is 279 Å². The molecule has 50 heavy (non-hydrogen) atoms. The van der Waals surface area contributed by atoms with E-state index in [1.807, 2.05) is 0 Å². The number of carbonyl (C=O) groups excluding carboxylic acids is 4. The fraction of sp³-hybridized carbons (Fsp3) is 0.222. The van der Waals surface area contributed by atoms with Gasteiger partial charge in [0.2, 0.25) is 0 Å². The van der Waals surface area contributed by atoms with Crippen LogP contribution in [0.3, 0.4) is 0 Å². The summed E-state index contributed by atoms with van der Waals surface area (Å²) in [7, 11) is 0. The molecular formula is C36H24F6O8. The van der Waals surface area contributed by atoms with Gasteiger partial charge in [0, 0.05) is 11.1 Å². The Bertz CT molecular complexity index is 1820. The highest BCUT2D eigenvalue weighted by atomic mass is 19.4. The van der Waals surface area contributed by atoms with Crippen molar-refractivity contribution in [3.63, 3.8) is 0 Å². The van der Waals surface area contributed by atoms with E-state index in [4.69, 9.17) is 18.9 Å². The van der Waals surface area contributed by atoms with Gasteiger partial charge in [0.1, 0.15) is 23.0 Å². The molecule has 258 valence electrons. The third-order valence-corrected chi connectivity index (χ3v) is 8.30. The van der Waals surface area contributed by atoms with Crippen LogP contribution in [-0.2, 0) is 21.9 Å². The van der Waals surface area contributed by atoms with Crippen molar-refractivity contribution in [2.24, 2.45) is 11.8 Å². The number of halogens is 6. The van der Waals surface area contributed by atoms with Crippen molar-refractivity contribution in [2.45, 2.75) is 38.0 Å². The zero-order valence-corrected chi connectivity index (χ0v) is 25.6. The lowest BCUT2D eigenvalue weighted by Crippen LogP contribution is -2.37. The summed E-state index contributed by atoms with van der Waals surface area (Å²) < 4.78 is 100. The second-order valence-corrected chi connectivity index (χ2v) is 11.6. The molecule has 1 heterocycles. The standard InChI is InChI=1S/C36H24F6O8/c37-35(38,39)21-9-5-19(6-10-21)31(43)47-23-13-15-29-27(17-23)28-18-24(48-32(44)20-7-11-22(12-8-20)36(40,41)42)14-16-30(28)50-34(46)26-4-2-1-3-25(26)33(45)49-29/h5-18,25-26H,1-4H2/t25-,26-/m0/s1. The van der Waals surface area contributed by atoms with Gasteiger partial charge in [-0.05, 0) is 97.8 Å². The van der Waals surface area contributed by atoms with Gasteiger partial charge in [-0.25, -0.2) is 9.59 Å². The Hall–Kier alpha value is -5.66. The monoisotopic (exact) mass is 698 g/mol. The molecule has 0 aromatic heterocycles. The van der Waals surface area contributed by atoms with Crippen LogP contribution in [0, 0.1) is 11.8 Å². The minimum atomic E-state index is -4.62. The summed E-state index contributed by atoms with van der Waals surface area (Å²) in [4.78, 5) is 52.4. The molecular weight excluding hydrogens is 674 g/mol. The van der Waals surface area contributed by atoms with E-state index in [-0.39, 0.29) is 45.3 Å². The maximum atomic E-state index is 13.4. The van der Waals surface area contributed by atoms with Gasteiger partial charge in [0.05, 0.1) is 34.1 Å². The average Bonchev–Trinajstić information content (AvgIpc) is 3.08. The summed E-state index contributed by atoms with van der Waals surface area (Å²) in [5.41, 5.74) is -2.24. The number of benzene rings is 4. The number of alkyl halides is 6. The molecule has 4 aromatic rings. The van der Waals surface area contributed by atoms with Gasteiger partial charge in [-0.15, -0.1) is 0 Å². The average molecular weight is 699 g/mol. The number of ether oxygens (including phenoxy) is 4. The van der Waals surface area contributed by atoms with Crippen LogP contribution in [0.1, 0.15) is 57.5 Å². The SMILES string of the molecule is O=C(Oc1ccc2c(c1)-c1cc(OC(=O)c3ccc(C(F)(F)F)cc3)ccc1OC(=O)[C@H]1CCCC[C@@H]1C(=O)O2)c1ccc(C(F)(F)F)cc1. The molecule has 1 saturated carbocycles. The van der Waals surface area contributed by atoms with Crippen LogP contribution in [0.5, 0.6) is 23.0 Å². The molecule has 0 spiro atoms. The van der Waals surface area contributed by atoms with Gasteiger partial charge in [-0.1, -0.05) is 12.8 Å². The first-order valence-electron chi connectivity index (χ1n) is 15.2. The molecule has 2 atom stereocenters. The van der Waals surface area contributed by atoms with Gasteiger partial charge < -0.3 is 18.9 Å². The molecule has 0 unspecified atom stereocenters. The lowest BCUT2D eigenvalue weighted by molar-refractivity contribution is -0.152. The smallest absolute Gasteiger partial charge is 0.416 e. The second kappa shape index (κ2) is 13.3. The zero-order valence-electron chi connectivity index (χ0n) is 25.6. The first kappa shape index (κ1) is 34.2. The lowest BCUT2D eigenvalue weighted by Gasteiger charge is -2.30. The Morgan fingerprint density at radius 3 is 1.26 bits per heavy atom. The summed E-state index contributed by atoms with van der Waals surface area (Å²) in [6, 6.07) is 14.4. The molecule has 1 aliphatic carbocycles. The van der Waals surface area contributed by atoms with Crippen LogP contribution in [-0.4, -0.2) is 23.9 Å². The predicted octanol–water partition coefficient (Wildman–Crippen LogP) is 8.46. The molecule has 0 amide bonds. The third kappa shape index (κ3) is 7.33. The quantitative estimate of drug-likeness (QED) is 0.119. The Morgan fingerprint density at radius 1 is 0.560 bits per heavy atom. The molecule has 1 aliphatic heterocycles. The Kier molecular flexibility index (Phi) is 9.12. The number of rotatable bonds is 4. The number of hydrogen-bond acceptors (Lipinski definition) is 8. The molecule has 0 bridgehead atoms. The number of hydrogen-bond donors (Lipinski definition) is 0. The van der Waals surface area contributed by atoms with E-state index in [1.165, 1.54) is 36.4 Å². The van der Waals surface area contributed by atoms with Crippen molar-refractivity contribution in [3.8, 4) is 34.1 Å².